The van der Waals surface area contributed by atoms with Crippen LogP contribution in [0.4, 0.5) is 5.69 Å². The number of ether oxygens (including phenoxy) is 3. The number of anilines is 1. The molecule has 0 saturated heterocycles. The molecular weight excluding hydrogens is 372 g/mol. The zero-order valence-electron chi connectivity index (χ0n) is 17.1. The number of nitrogens with one attached hydrogen (secondary N) is 1. The average molecular weight is 396 g/mol. The summed E-state index contributed by atoms with van der Waals surface area (Å²) in [5.74, 6) is 0.613. The van der Waals surface area contributed by atoms with Crippen molar-refractivity contribution in [2.24, 2.45) is 0 Å². The molecule has 2 aromatic carbocycles. The fourth-order valence-electron chi connectivity index (χ4n) is 3.30. The maximum absolute atomic E-state index is 13.1. The zero-order valence-corrected chi connectivity index (χ0v) is 17.1. The Bertz CT molecular complexity index is 941. The molecule has 152 valence electrons. The predicted molar refractivity (Wildman–Crippen MR) is 110 cm³/mol. The molecule has 7 heteroatoms. The van der Waals surface area contributed by atoms with Crippen LogP contribution < -0.4 is 19.5 Å². The number of imide groups is 1. The van der Waals surface area contributed by atoms with Crippen LogP contribution in [0, 0.1) is 0 Å². The monoisotopic (exact) mass is 396 g/mol. The van der Waals surface area contributed by atoms with E-state index in [9.17, 15) is 9.59 Å². The van der Waals surface area contributed by atoms with Crippen molar-refractivity contribution in [1.29, 1.82) is 0 Å². The molecule has 1 heterocycles. The lowest BCUT2D eigenvalue weighted by Crippen LogP contribution is -2.38. The Morgan fingerprint density at radius 3 is 1.93 bits per heavy atom. The molecule has 0 unspecified atom stereocenters. The predicted octanol–water partition coefficient (Wildman–Crippen LogP) is 3.31. The van der Waals surface area contributed by atoms with Gasteiger partial charge in [0.25, 0.3) is 11.8 Å². The average Bonchev–Trinajstić information content (AvgIpc) is 2.97. The van der Waals surface area contributed by atoms with Gasteiger partial charge in [-0.05, 0) is 19.4 Å². The van der Waals surface area contributed by atoms with Gasteiger partial charge in [-0.3, -0.25) is 14.5 Å². The SMILES string of the molecule is COc1cc(NC2=C(c3ccccc3)C(=O)N(C(C)C)C2=O)cc(OC)c1OC. The molecule has 1 aliphatic rings. The van der Waals surface area contributed by atoms with Gasteiger partial charge in [0.05, 0.1) is 26.9 Å². The summed E-state index contributed by atoms with van der Waals surface area (Å²) in [5.41, 5.74) is 1.75. The summed E-state index contributed by atoms with van der Waals surface area (Å²) in [6.07, 6.45) is 0. The minimum Gasteiger partial charge on any atom is -0.493 e. The molecule has 0 fully saturated rings. The third kappa shape index (κ3) is 3.63. The van der Waals surface area contributed by atoms with Gasteiger partial charge in [0.1, 0.15) is 5.70 Å². The Morgan fingerprint density at radius 2 is 1.45 bits per heavy atom. The summed E-state index contributed by atoms with van der Waals surface area (Å²) in [5, 5.41) is 3.11. The standard InChI is InChI=1S/C22H24N2O5/c1-13(2)24-21(25)18(14-9-7-6-8-10-14)19(22(24)26)23-15-11-16(27-3)20(29-5)17(12-15)28-4/h6-13,23H,1-5H3. The second kappa shape index (κ2) is 8.26. The normalized spacial score (nSPS) is 13.9. The van der Waals surface area contributed by atoms with E-state index in [4.69, 9.17) is 14.2 Å². The van der Waals surface area contributed by atoms with Gasteiger partial charge in [-0.25, -0.2) is 0 Å². The number of benzene rings is 2. The molecule has 0 spiro atoms. The van der Waals surface area contributed by atoms with Crippen LogP contribution in [0.25, 0.3) is 5.57 Å². The molecule has 0 radical (unpaired) electrons. The lowest BCUT2D eigenvalue weighted by atomic mass is 10.0. The number of hydrogen-bond acceptors (Lipinski definition) is 6. The highest BCUT2D eigenvalue weighted by atomic mass is 16.5. The van der Waals surface area contributed by atoms with Crippen LogP contribution in [-0.4, -0.2) is 44.1 Å². The van der Waals surface area contributed by atoms with E-state index < -0.39 is 0 Å². The van der Waals surface area contributed by atoms with Crippen molar-refractivity contribution < 1.29 is 23.8 Å². The summed E-state index contributed by atoms with van der Waals surface area (Å²) >= 11 is 0. The molecule has 1 N–H and O–H groups in total. The second-order valence-electron chi connectivity index (χ2n) is 6.73. The van der Waals surface area contributed by atoms with Crippen molar-refractivity contribution in [3.63, 3.8) is 0 Å². The number of nitrogens with zero attached hydrogens (tertiary/aromatic N) is 1. The molecule has 29 heavy (non-hydrogen) atoms. The highest BCUT2D eigenvalue weighted by molar-refractivity contribution is 6.36. The number of methoxy groups -OCH3 is 3. The number of hydrogen-bond donors (Lipinski definition) is 1. The minimum atomic E-state index is -0.377. The third-order valence-corrected chi connectivity index (χ3v) is 4.63. The van der Waals surface area contributed by atoms with Gasteiger partial charge < -0.3 is 19.5 Å². The lowest BCUT2D eigenvalue weighted by Gasteiger charge is -2.19. The van der Waals surface area contributed by atoms with Crippen molar-refractivity contribution in [3.8, 4) is 17.2 Å². The van der Waals surface area contributed by atoms with E-state index in [-0.39, 0.29) is 23.6 Å². The van der Waals surface area contributed by atoms with Gasteiger partial charge in [-0.15, -0.1) is 0 Å². The van der Waals surface area contributed by atoms with Crippen LogP contribution in [0.15, 0.2) is 48.2 Å². The van der Waals surface area contributed by atoms with E-state index in [0.29, 0.717) is 34.1 Å². The first-order valence-corrected chi connectivity index (χ1v) is 9.17. The molecule has 0 bridgehead atoms. The molecule has 7 nitrogen and oxygen atoms in total. The summed E-state index contributed by atoms with van der Waals surface area (Å²) in [7, 11) is 4.55. The molecule has 2 amide bonds. The first-order valence-electron chi connectivity index (χ1n) is 9.17. The van der Waals surface area contributed by atoms with Gasteiger partial charge in [0, 0.05) is 23.9 Å². The third-order valence-electron chi connectivity index (χ3n) is 4.63. The smallest absolute Gasteiger partial charge is 0.278 e. The van der Waals surface area contributed by atoms with Gasteiger partial charge in [0.2, 0.25) is 5.75 Å². The van der Waals surface area contributed by atoms with Gasteiger partial charge in [0.15, 0.2) is 11.5 Å². The quantitative estimate of drug-likeness (QED) is 0.724. The second-order valence-corrected chi connectivity index (χ2v) is 6.73. The van der Waals surface area contributed by atoms with Gasteiger partial charge >= 0.3 is 0 Å². The zero-order chi connectivity index (χ0) is 21.1. The molecule has 2 aromatic rings. The Morgan fingerprint density at radius 1 is 0.862 bits per heavy atom. The highest BCUT2D eigenvalue weighted by Gasteiger charge is 2.40. The molecule has 0 saturated carbocycles. The van der Waals surface area contributed by atoms with Crippen molar-refractivity contribution >= 4 is 23.1 Å². The summed E-state index contributed by atoms with van der Waals surface area (Å²) in [6.45, 7) is 3.61. The van der Waals surface area contributed by atoms with Crippen LogP contribution in [0.5, 0.6) is 17.2 Å². The van der Waals surface area contributed by atoms with E-state index in [0.717, 1.165) is 0 Å². The molecule has 0 atom stereocenters. The van der Waals surface area contributed by atoms with E-state index in [1.54, 1.807) is 38.1 Å². The van der Waals surface area contributed by atoms with Crippen LogP contribution >= 0.6 is 0 Å². The highest BCUT2D eigenvalue weighted by Crippen LogP contribution is 2.41. The molecular formula is C22H24N2O5. The van der Waals surface area contributed by atoms with Gasteiger partial charge in [-0.2, -0.15) is 0 Å². The maximum atomic E-state index is 13.1. The van der Waals surface area contributed by atoms with Gasteiger partial charge in [-0.1, -0.05) is 30.3 Å². The van der Waals surface area contributed by atoms with Crippen molar-refractivity contribution in [3.05, 3.63) is 53.7 Å². The Kier molecular flexibility index (Phi) is 5.77. The van der Waals surface area contributed by atoms with E-state index in [1.807, 2.05) is 18.2 Å². The number of amides is 2. The number of carbonyl (C=O) groups is 2. The Hall–Kier alpha value is -3.48. The van der Waals surface area contributed by atoms with E-state index in [1.165, 1.54) is 26.2 Å². The fraction of sp³-hybridized carbons (Fsp3) is 0.273. The Balaban J connectivity index is 2.12. The first kappa shape index (κ1) is 20.3. The minimum absolute atomic E-state index is 0.212. The molecule has 1 aliphatic heterocycles. The Labute approximate surface area is 169 Å². The summed E-state index contributed by atoms with van der Waals surface area (Å²) < 4.78 is 16.1. The largest absolute Gasteiger partial charge is 0.493 e. The number of carbonyl (C=O) groups excluding carboxylic acids is 2. The van der Waals surface area contributed by atoms with Crippen molar-refractivity contribution in [2.45, 2.75) is 19.9 Å². The maximum Gasteiger partial charge on any atom is 0.278 e. The topological polar surface area (TPSA) is 77.1 Å². The summed E-state index contributed by atoms with van der Waals surface area (Å²) in [4.78, 5) is 27.4. The lowest BCUT2D eigenvalue weighted by molar-refractivity contribution is -0.138. The molecule has 0 aromatic heterocycles. The first-order chi connectivity index (χ1) is 13.9. The summed E-state index contributed by atoms with van der Waals surface area (Å²) in [6, 6.07) is 12.2. The number of rotatable bonds is 7. The molecule has 0 aliphatic carbocycles. The van der Waals surface area contributed by atoms with Crippen LogP contribution in [-0.2, 0) is 9.59 Å². The van der Waals surface area contributed by atoms with Crippen LogP contribution in [0.2, 0.25) is 0 Å². The van der Waals surface area contributed by atoms with E-state index >= 15 is 0 Å². The van der Waals surface area contributed by atoms with Crippen molar-refractivity contribution in [1.82, 2.24) is 4.90 Å². The van der Waals surface area contributed by atoms with E-state index in [2.05, 4.69) is 5.32 Å². The van der Waals surface area contributed by atoms with Crippen molar-refractivity contribution in [2.75, 3.05) is 26.6 Å². The van der Waals surface area contributed by atoms with Crippen LogP contribution in [0.1, 0.15) is 19.4 Å². The fourth-order valence-corrected chi connectivity index (χ4v) is 3.30. The molecule has 3 rings (SSSR count). The van der Waals surface area contributed by atoms with Crippen LogP contribution in [0.3, 0.4) is 0 Å².